The molecule has 3 heterocycles. The third-order valence-corrected chi connectivity index (χ3v) is 7.95. The molecular formula is C30H34N4O5S. The molecule has 3 aliphatic heterocycles. The molecule has 0 aromatic heterocycles. The van der Waals surface area contributed by atoms with E-state index in [0.29, 0.717) is 28.7 Å². The normalized spacial score (nSPS) is 19.1. The Labute approximate surface area is 238 Å². The Balaban J connectivity index is 1.36. The van der Waals surface area contributed by atoms with Gasteiger partial charge in [-0.05, 0) is 24.0 Å². The van der Waals surface area contributed by atoms with E-state index in [1.807, 2.05) is 71.8 Å². The number of thioether (sulfide) groups is 1. The lowest BCUT2D eigenvalue weighted by molar-refractivity contribution is -0.141. The second kappa shape index (κ2) is 13.2. The first kappa shape index (κ1) is 27.9. The standard InChI is InChI=1S/C30H34N4O5S/c1-21-27(29(36)39-19-22-8-4-3-5-9-22)28(24-10-6-7-11-25(24)37-2)34-23(20-40-30(34)32-21)18-26(35)31-12-13-33-14-16-38-17-15-33/h3-11,20,28H,12-19H2,1-2H3,(H,31,35)/t28-/m1/s1. The van der Waals surface area contributed by atoms with E-state index in [9.17, 15) is 9.59 Å². The fourth-order valence-corrected chi connectivity index (χ4v) is 5.99. The van der Waals surface area contributed by atoms with Crippen LogP contribution in [0.3, 0.4) is 0 Å². The second-order valence-electron chi connectivity index (χ2n) is 9.68. The van der Waals surface area contributed by atoms with Crippen LogP contribution >= 0.6 is 11.8 Å². The van der Waals surface area contributed by atoms with Gasteiger partial charge in [0, 0.05) is 37.4 Å². The van der Waals surface area contributed by atoms with Crippen molar-refractivity contribution in [2.75, 3.05) is 46.5 Å². The van der Waals surface area contributed by atoms with Gasteiger partial charge in [0.1, 0.15) is 12.4 Å². The minimum Gasteiger partial charge on any atom is -0.496 e. The number of morpholine rings is 1. The van der Waals surface area contributed by atoms with Crippen LogP contribution in [-0.4, -0.2) is 73.3 Å². The number of nitrogens with one attached hydrogen (secondary N) is 1. The molecule has 0 aliphatic carbocycles. The molecule has 1 fully saturated rings. The lowest BCUT2D eigenvalue weighted by atomic mass is 9.93. The average Bonchev–Trinajstić information content (AvgIpc) is 3.37. The number of fused-ring (bicyclic) bond motifs is 1. The molecular weight excluding hydrogens is 528 g/mol. The summed E-state index contributed by atoms with van der Waals surface area (Å²) in [6.45, 7) is 6.51. The van der Waals surface area contributed by atoms with Crippen molar-refractivity contribution in [2.24, 2.45) is 4.99 Å². The highest BCUT2D eigenvalue weighted by Crippen LogP contribution is 2.46. The first-order valence-electron chi connectivity index (χ1n) is 13.4. The fraction of sp³-hybridized carbons (Fsp3) is 0.367. The Morgan fingerprint density at radius 2 is 1.85 bits per heavy atom. The van der Waals surface area contributed by atoms with Crippen molar-refractivity contribution in [3.05, 3.63) is 88.1 Å². The maximum atomic E-state index is 13.6. The van der Waals surface area contributed by atoms with Crippen molar-refractivity contribution in [1.29, 1.82) is 0 Å². The van der Waals surface area contributed by atoms with Gasteiger partial charge in [-0.25, -0.2) is 9.79 Å². The maximum Gasteiger partial charge on any atom is 0.338 e. The summed E-state index contributed by atoms with van der Waals surface area (Å²) in [4.78, 5) is 35.7. The number of hydrogen-bond donors (Lipinski definition) is 1. The first-order chi connectivity index (χ1) is 19.5. The summed E-state index contributed by atoms with van der Waals surface area (Å²) in [5.41, 5.74) is 3.46. The van der Waals surface area contributed by atoms with Gasteiger partial charge in [0.05, 0.1) is 44.1 Å². The number of benzene rings is 2. The van der Waals surface area contributed by atoms with Gasteiger partial charge in [0.15, 0.2) is 5.17 Å². The maximum absolute atomic E-state index is 13.6. The Morgan fingerprint density at radius 1 is 1.10 bits per heavy atom. The van der Waals surface area contributed by atoms with Crippen LogP contribution in [-0.2, 0) is 25.7 Å². The number of esters is 1. The summed E-state index contributed by atoms with van der Waals surface area (Å²) in [5, 5.41) is 5.70. The molecule has 2 aromatic carbocycles. The van der Waals surface area contributed by atoms with Crippen molar-refractivity contribution in [2.45, 2.75) is 26.0 Å². The van der Waals surface area contributed by atoms with Gasteiger partial charge in [0.2, 0.25) is 5.91 Å². The van der Waals surface area contributed by atoms with Crippen LogP contribution in [0.1, 0.15) is 30.5 Å². The van der Waals surface area contributed by atoms with Crippen LogP contribution in [0.4, 0.5) is 0 Å². The van der Waals surface area contributed by atoms with Gasteiger partial charge in [0.25, 0.3) is 0 Å². The van der Waals surface area contributed by atoms with E-state index in [1.165, 1.54) is 11.8 Å². The van der Waals surface area contributed by atoms with Gasteiger partial charge in [-0.15, -0.1) is 0 Å². The average molecular weight is 563 g/mol. The number of carbonyl (C=O) groups excluding carboxylic acids is 2. The Bertz CT molecular complexity index is 1320. The molecule has 0 bridgehead atoms. The first-order valence-corrected chi connectivity index (χ1v) is 14.3. The molecule has 1 saturated heterocycles. The highest BCUT2D eigenvalue weighted by Gasteiger charge is 2.42. The fourth-order valence-electron chi connectivity index (χ4n) is 5.02. The zero-order valence-corrected chi connectivity index (χ0v) is 23.6. The predicted octanol–water partition coefficient (Wildman–Crippen LogP) is 3.85. The number of hydrogen-bond acceptors (Lipinski definition) is 9. The molecule has 9 nitrogen and oxygen atoms in total. The van der Waals surface area contributed by atoms with Gasteiger partial charge in [-0.1, -0.05) is 60.3 Å². The molecule has 2 aromatic rings. The number of methoxy groups -OCH3 is 1. The van der Waals surface area contributed by atoms with Crippen LogP contribution in [0, 0.1) is 0 Å². The Hall–Kier alpha value is -3.60. The monoisotopic (exact) mass is 562 g/mol. The summed E-state index contributed by atoms with van der Waals surface area (Å²) in [5.74, 6) is 0.104. The predicted molar refractivity (Wildman–Crippen MR) is 155 cm³/mol. The number of amidine groups is 1. The molecule has 1 amide bonds. The highest BCUT2D eigenvalue weighted by molar-refractivity contribution is 8.16. The Morgan fingerprint density at radius 3 is 2.62 bits per heavy atom. The van der Waals surface area contributed by atoms with Gasteiger partial charge in [-0.2, -0.15) is 0 Å². The van der Waals surface area contributed by atoms with E-state index in [-0.39, 0.29) is 18.9 Å². The number of allylic oxidation sites excluding steroid dienone is 1. The number of amides is 1. The second-order valence-corrected chi connectivity index (χ2v) is 10.5. The van der Waals surface area contributed by atoms with Gasteiger partial charge >= 0.3 is 5.97 Å². The molecule has 1 atom stereocenters. The van der Waals surface area contributed by atoms with E-state index in [2.05, 4.69) is 10.2 Å². The number of ether oxygens (including phenoxy) is 3. The van der Waals surface area contributed by atoms with Crippen molar-refractivity contribution in [3.8, 4) is 5.75 Å². The Kier molecular flexibility index (Phi) is 9.20. The smallest absolute Gasteiger partial charge is 0.338 e. The molecule has 1 N–H and O–H groups in total. The summed E-state index contributed by atoms with van der Waals surface area (Å²) in [7, 11) is 1.61. The summed E-state index contributed by atoms with van der Waals surface area (Å²) in [6, 6.07) is 16.6. The van der Waals surface area contributed by atoms with Crippen molar-refractivity contribution in [3.63, 3.8) is 0 Å². The van der Waals surface area contributed by atoms with Crippen LogP contribution in [0.2, 0.25) is 0 Å². The zero-order chi connectivity index (χ0) is 27.9. The van der Waals surface area contributed by atoms with Crippen LogP contribution < -0.4 is 10.1 Å². The lowest BCUT2D eigenvalue weighted by Gasteiger charge is -2.36. The molecule has 40 heavy (non-hydrogen) atoms. The van der Waals surface area contributed by atoms with Gasteiger partial charge < -0.3 is 24.4 Å². The van der Waals surface area contributed by atoms with Crippen LogP contribution in [0.25, 0.3) is 0 Å². The minimum atomic E-state index is -0.561. The lowest BCUT2D eigenvalue weighted by Crippen LogP contribution is -2.42. The molecule has 0 spiro atoms. The third kappa shape index (κ3) is 6.41. The number of aliphatic imine (C=N–C) groups is 1. The summed E-state index contributed by atoms with van der Waals surface area (Å²) >= 11 is 1.45. The SMILES string of the molecule is COc1ccccc1[C@@H]1C(C(=O)OCc2ccccc2)=C(C)N=C2SC=C(CC(=O)NCCN3CCOCC3)N21. The minimum absolute atomic E-state index is 0.0837. The molecule has 10 heteroatoms. The highest BCUT2D eigenvalue weighted by atomic mass is 32.2. The largest absolute Gasteiger partial charge is 0.496 e. The molecule has 210 valence electrons. The third-order valence-electron chi connectivity index (χ3n) is 7.06. The topological polar surface area (TPSA) is 92.7 Å². The van der Waals surface area contributed by atoms with E-state index in [0.717, 1.165) is 49.7 Å². The molecule has 0 saturated carbocycles. The van der Waals surface area contributed by atoms with Crippen molar-refractivity contribution < 1.29 is 23.8 Å². The molecule has 5 rings (SSSR count). The van der Waals surface area contributed by atoms with Gasteiger partial charge in [-0.3, -0.25) is 9.69 Å². The zero-order valence-electron chi connectivity index (χ0n) is 22.8. The van der Waals surface area contributed by atoms with E-state index in [1.54, 1.807) is 7.11 Å². The van der Waals surface area contributed by atoms with E-state index >= 15 is 0 Å². The number of para-hydroxylation sites is 1. The number of rotatable bonds is 10. The van der Waals surface area contributed by atoms with Crippen molar-refractivity contribution >= 4 is 28.8 Å². The summed E-state index contributed by atoms with van der Waals surface area (Å²) < 4.78 is 16.9. The molecule has 0 radical (unpaired) electrons. The summed E-state index contributed by atoms with van der Waals surface area (Å²) in [6.07, 6.45) is 0.159. The molecule has 0 unspecified atom stereocenters. The van der Waals surface area contributed by atoms with E-state index in [4.69, 9.17) is 19.2 Å². The molecule has 3 aliphatic rings. The van der Waals surface area contributed by atoms with Crippen LogP contribution in [0.5, 0.6) is 5.75 Å². The number of carbonyl (C=O) groups is 2. The quantitative estimate of drug-likeness (QED) is 0.437. The number of nitrogens with zero attached hydrogens (tertiary/aromatic N) is 3. The van der Waals surface area contributed by atoms with Crippen molar-refractivity contribution in [1.82, 2.24) is 15.1 Å². The van der Waals surface area contributed by atoms with E-state index < -0.39 is 12.0 Å². The van der Waals surface area contributed by atoms with Crippen LogP contribution in [0.15, 0.2) is 82.0 Å².